The smallest absolute Gasteiger partial charge is 0.308 e. The van der Waals surface area contributed by atoms with Gasteiger partial charge in [0.25, 0.3) is 0 Å². The van der Waals surface area contributed by atoms with Gasteiger partial charge in [0.2, 0.25) is 0 Å². The van der Waals surface area contributed by atoms with Crippen LogP contribution in [0.1, 0.15) is 89.2 Å². The predicted octanol–water partition coefficient (Wildman–Crippen LogP) is 7.87. The van der Waals surface area contributed by atoms with Gasteiger partial charge in [0.05, 0.1) is 12.0 Å². The van der Waals surface area contributed by atoms with E-state index in [2.05, 4.69) is 48.2 Å². The van der Waals surface area contributed by atoms with Crippen molar-refractivity contribution in [2.24, 2.45) is 0 Å². The maximum Gasteiger partial charge on any atom is 0.308 e. The fourth-order valence-electron chi connectivity index (χ4n) is 4.63. The van der Waals surface area contributed by atoms with Gasteiger partial charge in [0, 0.05) is 18.6 Å². The molecule has 0 fully saturated rings. The van der Waals surface area contributed by atoms with Gasteiger partial charge in [-0.3, -0.25) is 9.69 Å². The summed E-state index contributed by atoms with van der Waals surface area (Å²) in [4.78, 5) is 15.6. The maximum atomic E-state index is 13.2. The summed E-state index contributed by atoms with van der Waals surface area (Å²) >= 11 is 0. The van der Waals surface area contributed by atoms with E-state index in [0.717, 1.165) is 11.1 Å². The molecule has 214 valence electrons. The van der Waals surface area contributed by atoms with Crippen LogP contribution in [0.4, 0.5) is 0 Å². The lowest BCUT2D eigenvalue weighted by molar-refractivity contribution is -0.156. The third-order valence-electron chi connectivity index (χ3n) is 6.42. The number of carbonyl (C=O) groups is 1. The molecule has 3 atom stereocenters. The van der Waals surface area contributed by atoms with Crippen LogP contribution in [0.15, 0.2) is 91.0 Å². The zero-order valence-electron chi connectivity index (χ0n) is 25.0. The summed E-state index contributed by atoms with van der Waals surface area (Å²) in [5, 5.41) is 10.2. The molecule has 0 amide bonds. The molecule has 3 aromatic rings. The lowest BCUT2D eigenvalue weighted by Gasteiger charge is -2.37. The summed E-state index contributed by atoms with van der Waals surface area (Å²) in [6.07, 6.45) is 2.71. The average molecular weight is 544 g/mol. The molecular weight excluding hydrogens is 498 g/mol. The molecule has 0 aromatic heterocycles. The minimum absolute atomic E-state index is 0.0399. The molecule has 0 radical (unpaired) electrons. The minimum atomic E-state index is -0.993. The van der Waals surface area contributed by atoms with Crippen molar-refractivity contribution in [3.8, 4) is 0 Å². The van der Waals surface area contributed by atoms with Gasteiger partial charge in [0.1, 0.15) is 5.60 Å². The van der Waals surface area contributed by atoms with E-state index in [-0.39, 0.29) is 24.5 Å². The Morgan fingerprint density at radius 3 is 1.95 bits per heavy atom. The van der Waals surface area contributed by atoms with Crippen LogP contribution >= 0.6 is 0 Å². The van der Waals surface area contributed by atoms with Crippen molar-refractivity contribution in [2.45, 2.75) is 91.0 Å². The topological polar surface area (TPSA) is 59.0 Å². The highest BCUT2D eigenvalue weighted by Gasteiger charge is 2.30. The summed E-state index contributed by atoms with van der Waals surface area (Å²) in [6.45, 7) is 14.3. The molecule has 1 unspecified atom stereocenters. The molecule has 0 spiro atoms. The second-order valence-corrected chi connectivity index (χ2v) is 12.2. The van der Waals surface area contributed by atoms with E-state index in [1.807, 2.05) is 96.1 Å². The third-order valence-corrected chi connectivity index (χ3v) is 6.42. The molecule has 0 heterocycles. The predicted molar refractivity (Wildman–Crippen MR) is 162 cm³/mol. The number of carbonyl (C=O) groups excluding carboxylic acids is 1. The van der Waals surface area contributed by atoms with Crippen molar-refractivity contribution in [3.05, 3.63) is 113 Å². The Bertz CT molecular complexity index is 1210. The van der Waals surface area contributed by atoms with Gasteiger partial charge >= 0.3 is 5.97 Å². The maximum absolute atomic E-state index is 13.2. The van der Waals surface area contributed by atoms with E-state index < -0.39 is 17.5 Å². The van der Waals surface area contributed by atoms with Gasteiger partial charge in [0.15, 0.2) is 6.29 Å². The van der Waals surface area contributed by atoms with Gasteiger partial charge in [-0.25, -0.2) is 0 Å². The quantitative estimate of drug-likeness (QED) is 0.197. The number of hydrogen-bond acceptors (Lipinski definition) is 5. The molecule has 1 N–H and O–H groups in total. The summed E-state index contributed by atoms with van der Waals surface area (Å²) in [5.41, 5.74) is 3.30. The van der Waals surface area contributed by atoms with E-state index >= 15 is 0 Å². The van der Waals surface area contributed by atoms with Crippen molar-refractivity contribution in [3.63, 3.8) is 0 Å². The van der Waals surface area contributed by atoms with Crippen molar-refractivity contribution in [1.29, 1.82) is 0 Å². The van der Waals surface area contributed by atoms with Gasteiger partial charge in [-0.1, -0.05) is 91.0 Å². The molecule has 0 bridgehead atoms. The second kappa shape index (κ2) is 13.9. The third kappa shape index (κ3) is 10.4. The summed E-state index contributed by atoms with van der Waals surface area (Å²) in [5.74, 6) is -0.234. The molecule has 3 aromatic carbocycles. The molecule has 3 rings (SSSR count). The lowest BCUT2D eigenvalue weighted by Crippen LogP contribution is -2.34. The molecule has 0 saturated carbocycles. The molecule has 5 heteroatoms. The monoisotopic (exact) mass is 543 g/mol. The highest BCUT2D eigenvalue weighted by atomic mass is 16.6. The molecule has 0 saturated heterocycles. The Kier molecular flexibility index (Phi) is 10.9. The highest BCUT2D eigenvalue weighted by Crippen LogP contribution is 2.35. The molecule has 40 heavy (non-hydrogen) atoms. The van der Waals surface area contributed by atoms with E-state index in [1.54, 1.807) is 6.08 Å². The molecule has 5 nitrogen and oxygen atoms in total. The first-order chi connectivity index (χ1) is 18.8. The van der Waals surface area contributed by atoms with Crippen LogP contribution in [0, 0.1) is 0 Å². The molecule has 0 aliphatic carbocycles. The molecular formula is C35H45NO4. The zero-order valence-corrected chi connectivity index (χ0v) is 25.0. The van der Waals surface area contributed by atoms with E-state index in [0.29, 0.717) is 6.54 Å². The summed E-state index contributed by atoms with van der Waals surface area (Å²) < 4.78 is 11.4. The fourth-order valence-corrected chi connectivity index (χ4v) is 4.63. The van der Waals surface area contributed by atoms with Crippen LogP contribution in [-0.2, 0) is 20.8 Å². The first kappa shape index (κ1) is 31.3. The normalized spacial score (nSPS) is 14.7. The van der Waals surface area contributed by atoms with Crippen LogP contribution in [0.5, 0.6) is 0 Å². The van der Waals surface area contributed by atoms with Crippen LogP contribution in [-0.4, -0.2) is 33.5 Å². The fraction of sp³-hybridized carbons (Fsp3) is 0.400. The lowest BCUT2D eigenvalue weighted by atomic mass is 9.95. The van der Waals surface area contributed by atoms with Crippen molar-refractivity contribution < 1.29 is 19.4 Å². The first-order valence-electron chi connectivity index (χ1n) is 14.0. The van der Waals surface area contributed by atoms with Gasteiger partial charge in [-0.15, -0.1) is 0 Å². The van der Waals surface area contributed by atoms with Crippen LogP contribution in [0.25, 0.3) is 6.08 Å². The van der Waals surface area contributed by atoms with Gasteiger partial charge in [-0.05, 0) is 76.8 Å². The number of ether oxygens (including phenoxy) is 2. The highest BCUT2D eigenvalue weighted by molar-refractivity contribution is 5.71. The number of nitrogens with zero attached hydrogens (tertiary/aromatic N) is 1. The number of aliphatic hydroxyl groups excluding tert-OH is 1. The minimum Gasteiger partial charge on any atom is -0.460 e. The van der Waals surface area contributed by atoms with Crippen LogP contribution in [0.2, 0.25) is 0 Å². The van der Waals surface area contributed by atoms with E-state index in [1.165, 1.54) is 11.1 Å². The van der Waals surface area contributed by atoms with Crippen molar-refractivity contribution >= 4 is 12.0 Å². The number of esters is 1. The Morgan fingerprint density at radius 2 is 1.40 bits per heavy atom. The van der Waals surface area contributed by atoms with Gasteiger partial charge < -0.3 is 14.6 Å². The largest absolute Gasteiger partial charge is 0.460 e. The number of hydrogen-bond donors (Lipinski definition) is 1. The molecule has 0 aliphatic rings. The Hall–Kier alpha value is -3.25. The summed E-state index contributed by atoms with van der Waals surface area (Å²) in [7, 11) is 0. The Morgan fingerprint density at radius 1 is 0.825 bits per heavy atom. The number of benzene rings is 3. The zero-order chi connectivity index (χ0) is 29.3. The Balaban J connectivity index is 1.97. The van der Waals surface area contributed by atoms with Crippen molar-refractivity contribution in [2.75, 3.05) is 0 Å². The van der Waals surface area contributed by atoms with Gasteiger partial charge in [-0.2, -0.15) is 0 Å². The number of aliphatic hydroxyl groups is 1. The Labute approximate surface area is 240 Å². The SMILES string of the molecule is C[C@@H](c1ccccc1)N(Cc1ccccc1)[C@H](CC(=O)OC(C)(C)C)c1ccc(/C=C/C(O)OC(C)(C)C)cc1. The van der Waals surface area contributed by atoms with E-state index in [9.17, 15) is 9.90 Å². The first-order valence-corrected chi connectivity index (χ1v) is 14.0. The van der Waals surface area contributed by atoms with Crippen LogP contribution in [0.3, 0.4) is 0 Å². The summed E-state index contributed by atoms with van der Waals surface area (Å²) in [6, 6.07) is 28.7. The van der Waals surface area contributed by atoms with Crippen LogP contribution < -0.4 is 0 Å². The number of rotatable bonds is 11. The second-order valence-electron chi connectivity index (χ2n) is 12.2. The van der Waals surface area contributed by atoms with E-state index in [4.69, 9.17) is 9.47 Å². The van der Waals surface area contributed by atoms with Crippen molar-refractivity contribution in [1.82, 2.24) is 4.90 Å². The molecule has 0 aliphatic heterocycles. The average Bonchev–Trinajstić information content (AvgIpc) is 2.88. The standard InChI is InChI=1S/C35H45NO4/c1-26(29-16-12-9-13-17-29)36(25-28-14-10-8-11-15-28)31(24-33(38)40-35(5,6)7)30-21-18-27(19-22-30)20-23-32(37)39-34(2,3)4/h8-23,26,31-32,37H,24-25H2,1-7H3/b23-20+/t26-,31+,32?/m0/s1.